The van der Waals surface area contributed by atoms with E-state index in [1.54, 1.807) is 0 Å². The van der Waals surface area contributed by atoms with Crippen molar-refractivity contribution in [1.82, 2.24) is 5.32 Å². The quantitative estimate of drug-likeness (QED) is 0.613. The second kappa shape index (κ2) is 9.65. The van der Waals surface area contributed by atoms with Crippen LogP contribution in [0.1, 0.15) is 52.0 Å². The van der Waals surface area contributed by atoms with E-state index in [9.17, 15) is 0 Å². The Morgan fingerprint density at radius 3 is 2.50 bits per heavy atom. The van der Waals surface area contributed by atoms with E-state index in [1.165, 1.54) is 25.7 Å². The molecule has 0 aliphatic rings. The number of likely N-dealkylation sites (N-methyl/N-ethyl adjacent to an activating group) is 1. The van der Waals surface area contributed by atoms with Crippen LogP contribution >= 0.6 is 23.2 Å². The molecule has 1 aromatic carbocycles. The lowest BCUT2D eigenvalue weighted by Crippen LogP contribution is -2.38. The van der Waals surface area contributed by atoms with E-state index < -0.39 is 0 Å². The van der Waals surface area contributed by atoms with Crippen LogP contribution < -0.4 is 5.32 Å². The lowest BCUT2D eigenvalue weighted by atomic mass is 9.87. The Labute approximate surface area is 134 Å². The van der Waals surface area contributed by atoms with E-state index >= 15 is 0 Å². The highest BCUT2D eigenvalue weighted by molar-refractivity contribution is 6.42. The summed E-state index contributed by atoms with van der Waals surface area (Å²) in [6.07, 6.45) is 5.99. The van der Waals surface area contributed by atoms with E-state index in [-0.39, 0.29) is 0 Å². The third-order valence-corrected chi connectivity index (χ3v) is 4.82. The number of halogens is 2. The lowest BCUT2D eigenvalue weighted by molar-refractivity contribution is 0.319. The number of unbranched alkanes of at least 4 members (excludes halogenated alkanes) is 1. The van der Waals surface area contributed by atoms with Crippen LogP contribution in [0.5, 0.6) is 0 Å². The van der Waals surface area contributed by atoms with Crippen LogP contribution in [0.4, 0.5) is 0 Å². The molecule has 1 nitrogen and oxygen atoms in total. The monoisotopic (exact) mass is 315 g/mol. The summed E-state index contributed by atoms with van der Waals surface area (Å²) < 4.78 is 0. The van der Waals surface area contributed by atoms with Gasteiger partial charge in [-0.15, -0.1) is 0 Å². The van der Waals surface area contributed by atoms with Crippen LogP contribution in [0, 0.1) is 5.92 Å². The van der Waals surface area contributed by atoms with Crippen LogP contribution in [0.15, 0.2) is 18.2 Å². The van der Waals surface area contributed by atoms with Crippen molar-refractivity contribution in [3.05, 3.63) is 33.8 Å². The zero-order valence-corrected chi connectivity index (χ0v) is 14.4. The van der Waals surface area contributed by atoms with Gasteiger partial charge in [-0.1, -0.05) is 75.4 Å². The third-order valence-electron chi connectivity index (χ3n) is 3.96. The van der Waals surface area contributed by atoms with Crippen LogP contribution in [-0.4, -0.2) is 12.6 Å². The molecule has 2 unspecified atom stereocenters. The van der Waals surface area contributed by atoms with Gasteiger partial charge in [-0.2, -0.15) is 0 Å². The molecule has 3 heteroatoms. The fraction of sp³-hybridized carbons (Fsp3) is 0.647. The minimum absolute atomic E-state index is 0.479. The first-order valence-electron chi connectivity index (χ1n) is 7.80. The summed E-state index contributed by atoms with van der Waals surface area (Å²) in [5.41, 5.74) is 1.15. The van der Waals surface area contributed by atoms with Gasteiger partial charge >= 0.3 is 0 Å². The zero-order valence-electron chi connectivity index (χ0n) is 12.9. The molecular weight excluding hydrogens is 289 g/mol. The van der Waals surface area contributed by atoms with Crippen molar-refractivity contribution in [1.29, 1.82) is 0 Å². The standard InChI is InChI=1S/C17H27Cl2N/c1-4-7-9-13(5-2)16(20-6-3)12-14-10-8-11-15(18)17(14)19/h8,10-11,13,16,20H,4-7,9,12H2,1-3H3. The van der Waals surface area contributed by atoms with Gasteiger partial charge in [0, 0.05) is 6.04 Å². The third kappa shape index (κ3) is 5.27. The van der Waals surface area contributed by atoms with Gasteiger partial charge in [-0.3, -0.25) is 0 Å². The molecule has 0 spiro atoms. The average Bonchev–Trinajstić information content (AvgIpc) is 2.44. The van der Waals surface area contributed by atoms with E-state index in [2.05, 4.69) is 32.2 Å². The summed E-state index contributed by atoms with van der Waals surface area (Å²) in [5.74, 6) is 0.699. The van der Waals surface area contributed by atoms with Crippen molar-refractivity contribution >= 4 is 23.2 Å². The first-order valence-corrected chi connectivity index (χ1v) is 8.55. The molecule has 20 heavy (non-hydrogen) atoms. The summed E-state index contributed by atoms with van der Waals surface area (Å²) in [5, 5.41) is 5.00. The number of rotatable bonds is 9. The molecule has 0 saturated carbocycles. The molecule has 114 valence electrons. The Kier molecular flexibility index (Phi) is 8.60. The molecule has 0 aliphatic heterocycles. The zero-order chi connectivity index (χ0) is 15.0. The van der Waals surface area contributed by atoms with Crippen molar-refractivity contribution in [2.45, 2.75) is 58.9 Å². The predicted molar refractivity (Wildman–Crippen MR) is 90.9 cm³/mol. The molecule has 1 rings (SSSR count). The molecule has 1 N–H and O–H groups in total. The highest BCUT2D eigenvalue weighted by Gasteiger charge is 2.20. The maximum atomic E-state index is 6.33. The van der Waals surface area contributed by atoms with Crippen molar-refractivity contribution in [3.63, 3.8) is 0 Å². The van der Waals surface area contributed by atoms with Gasteiger partial charge < -0.3 is 5.32 Å². The number of benzene rings is 1. The lowest BCUT2D eigenvalue weighted by Gasteiger charge is -2.27. The molecule has 0 amide bonds. The summed E-state index contributed by atoms with van der Waals surface area (Å²) >= 11 is 12.4. The van der Waals surface area contributed by atoms with Gasteiger partial charge in [0.15, 0.2) is 0 Å². The summed E-state index contributed by atoms with van der Waals surface area (Å²) in [4.78, 5) is 0. The Morgan fingerprint density at radius 2 is 1.90 bits per heavy atom. The van der Waals surface area contributed by atoms with Crippen molar-refractivity contribution in [2.24, 2.45) is 5.92 Å². The van der Waals surface area contributed by atoms with Crippen molar-refractivity contribution in [2.75, 3.05) is 6.54 Å². The highest BCUT2D eigenvalue weighted by Crippen LogP contribution is 2.28. The SMILES string of the molecule is CCCCC(CC)C(Cc1cccc(Cl)c1Cl)NCC. The van der Waals surface area contributed by atoms with E-state index in [0.29, 0.717) is 22.0 Å². The Morgan fingerprint density at radius 1 is 1.15 bits per heavy atom. The maximum Gasteiger partial charge on any atom is 0.0624 e. The van der Waals surface area contributed by atoms with Gasteiger partial charge in [0.25, 0.3) is 0 Å². The molecule has 0 saturated heterocycles. The maximum absolute atomic E-state index is 6.33. The van der Waals surface area contributed by atoms with Gasteiger partial charge in [-0.25, -0.2) is 0 Å². The van der Waals surface area contributed by atoms with Crippen molar-refractivity contribution in [3.8, 4) is 0 Å². The van der Waals surface area contributed by atoms with Gasteiger partial charge in [0.1, 0.15) is 0 Å². The normalized spacial score (nSPS) is 14.2. The highest BCUT2D eigenvalue weighted by atomic mass is 35.5. The van der Waals surface area contributed by atoms with E-state index in [4.69, 9.17) is 23.2 Å². The van der Waals surface area contributed by atoms with Gasteiger partial charge in [0.2, 0.25) is 0 Å². The first kappa shape index (κ1) is 17.8. The second-order valence-corrected chi connectivity index (χ2v) is 6.18. The smallest absolute Gasteiger partial charge is 0.0624 e. The first-order chi connectivity index (χ1) is 9.63. The molecule has 2 atom stereocenters. The second-order valence-electron chi connectivity index (χ2n) is 5.39. The molecule has 1 aromatic rings. The van der Waals surface area contributed by atoms with Crippen molar-refractivity contribution < 1.29 is 0 Å². The number of nitrogens with one attached hydrogen (secondary N) is 1. The Balaban J connectivity index is 2.81. The van der Waals surface area contributed by atoms with Crippen LogP contribution in [0.3, 0.4) is 0 Å². The topological polar surface area (TPSA) is 12.0 Å². The predicted octanol–water partition coefficient (Wildman–Crippen LogP) is 5.73. The van der Waals surface area contributed by atoms with Crippen LogP contribution in [-0.2, 0) is 6.42 Å². The number of hydrogen-bond acceptors (Lipinski definition) is 1. The average molecular weight is 316 g/mol. The largest absolute Gasteiger partial charge is 0.314 e. The Hall–Kier alpha value is -0.240. The summed E-state index contributed by atoms with van der Waals surface area (Å²) in [6.45, 7) is 7.69. The molecule has 0 fully saturated rings. The van der Waals surface area contributed by atoms with E-state index in [1.807, 2.05) is 12.1 Å². The Bertz CT molecular complexity index is 393. The summed E-state index contributed by atoms with van der Waals surface area (Å²) in [7, 11) is 0. The molecule has 0 aromatic heterocycles. The fourth-order valence-corrected chi connectivity index (χ4v) is 3.16. The summed E-state index contributed by atoms with van der Waals surface area (Å²) in [6, 6.07) is 6.40. The molecule has 0 bridgehead atoms. The van der Waals surface area contributed by atoms with E-state index in [0.717, 1.165) is 18.5 Å². The van der Waals surface area contributed by atoms with Crippen LogP contribution in [0.2, 0.25) is 10.0 Å². The minimum Gasteiger partial charge on any atom is -0.314 e. The number of hydrogen-bond donors (Lipinski definition) is 1. The van der Waals surface area contributed by atoms with Gasteiger partial charge in [-0.05, 0) is 36.9 Å². The molecule has 0 heterocycles. The van der Waals surface area contributed by atoms with Crippen LogP contribution in [0.25, 0.3) is 0 Å². The minimum atomic E-state index is 0.479. The van der Waals surface area contributed by atoms with Gasteiger partial charge in [0.05, 0.1) is 10.0 Å². The molecule has 0 radical (unpaired) electrons. The fourth-order valence-electron chi connectivity index (χ4n) is 2.77. The molecule has 0 aliphatic carbocycles. The molecular formula is C17H27Cl2N.